The first kappa shape index (κ1) is 16.2. The Labute approximate surface area is 118 Å². The fourth-order valence-electron chi connectivity index (χ4n) is 1.86. The van der Waals surface area contributed by atoms with Crippen molar-refractivity contribution in [2.75, 3.05) is 6.54 Å². The predicted molar refractivity (Wildman–Crippen MR) is 74.1 cm³/mol. The van der Waals surface area contributed by atoms with Gasteiger partial charge in [-0.15, -0.1) is 0 Å². The second-order valence-corrected chi connectivity index (χ2v) is 5.21. The fraction of sp³-hybridized carbons (Fsp3) is 0.571. The third kappa shape index (κ3) is 5.44. The van der Waals surface area contributed by atoms with Crippen LogP contribution in [0.1, 0.15) is 39.0 Å². The highest BCUT2D eigenvalue weighted by atomic mass is 16.4. The number of nitrogens with one attached hydrogen (secondary N) is 2. The van der Waals surface area contributed by atoms with Crippen LogP contribution in [-0.2, 0) is 9.59 Å². The number of carboxylic acid groups (broad SMARTS) is 1. The Bertz CT molecular complexity index is 428. The molecule has 0 aliphatic rings. The van der Waals surface area contributed by atoms with Gasteiger partial charge in [0.05, 0.1) is 18.8 Å². The largest absolute Gasteiger partial charge is 0.480 e. The summed E-state index contributed by atoms with van der Waals surface area (Å²) in [7, 11) is 0. The van der Waals surface area contributed by atoms with E-state index in [-0.39, 0.29) is 24.4 Å². The molecule has 0 aromatic carbocycles. The van der Waals surface area contributed by atoms with Gasteiger partial charge in [0.2, 0.25) is 5.91 Å². The zero-order valence-corrected chi connectivity index (χ0v) is 12.1. The first-order chi connectivity index (χ1) is 9.40. The topological polar surface area (TPSA) is 91.6 Å². The van der Waals surface area contributed by atoms with E-state index < -0.39 is 12.0 Å². The average molecular weight is 282 g/mol. The van der Waals surface area contributed by atoms with Crippen LogP contribution in [0.2, 0.25) is 0 Å². The molecule has 1 aromatic heterocycles. The van der Waals surface area contributed by atoms with E-state index in [4.69, 9.17) is 9.52 Å². The number of amides is 1. The minimum absolute atomic E-state index is 0.0330. The maximum Gasteiger partial charge on any atom is 0.320 e. The minimum atomic E-state index is -0.939. The normalized spacial score (nSPS) is 14.0. The molecule has 0 saturated carbocycles. The number of rotatable bonds is 8. The zero-order valence-electron chi connectivity index (χ0n) is 12.1. The first-order valence-corrected chi connectivity index (χ1v) is 6.69. The highest BCUT2D eigenvalue weighted by Crippen LogP contribution is 2.11. The molecule has 2 unspecified atom stereocenters. The summed E-state index contributed by atoms with van der Waals surface area (Å²) in [5.74, 6) is -0.293. The molecular weight excluding hydrogens is 260 g/mol. The van der Waals surface area contributed by atoms with Gasteiger partial charge in [0.15, 0.2) is 0 Å². The molecule has 1 rings (SSSR count). The molecule has 1 heterocycles. The number of carbonyl (C=O) groups is 2. The Balaban J connectivity index is 2.39. The van der Waals surface area contributed by atoms with E-state index in [1.165, 1.54) is 0 Å². The van der Waals surface area contributed by atoms with E-state index in [2.05, 4.69) is 10.6 Å². The van der Waals surface area contributed by atoms with Crippen molar-refractivity contribution in [2.45, 2.75) is 39.3 Å². The lowest BCUT2D eigenvalue weighted by Crippen LogP contribution is -2.44. The third-order valence-corrected chi connectivity index (χ3v) is 2.86. The molecule has 0 saturated heterocycles. The van der Waals surface area contributed by atoms with Crippen molar-refractivity contribution < 1.29 is 19.1 Å². The number of aliphatic carboxylic acids is 1. The fourth-order valence-corrected chi connectivity index (χ4v) is 1.86. The number of hydrogen-bond acceptors (Lipinski definition) is 4. The van der Waals surface area contributed by atoms with E-state index in [1.807, 2.05) is 13.8 Å². The highest BCUT2D eigenvalue weighted by molar-refractivity contribution is 5.80. The van der Waals surface area contributed by atoms with Crippen molar-refractivity contribution in [3.05, 3.63) is 24.2 Å². The zero-order chi connectivity index (χ0) is 15.1. The summed E-state index contributed by atoms with van der Waals surface area (Å²) in [6.45, 7) is 5.65. The molecule has 20 heavy (non-hydrogen) atoms. The lowest BCUT2D eigenvalue weighted by molar-refractivity contribution is -0.140. The maximum atomic E-state index is 11.8. The molecule has 0 bridgehead atoms. The van der Waals surface area contributed by atoms with Crippen LogP contribution < -0.4 is 10.6 Å². The van der Waals surface area contributed by atoms with E-state index in [1.54, 1.807) is 25.3 Å². The molecular formula is C14H22N2O4. The Hall–Kier alpha value is -1.82. The molecule has 0 aliphatic carbocycles. The van der Waals surface area contributed by atoms with Gasteiger partial charge in [0, 0.05) is 0 Å². The molecule has 112 valence electrons. The number of carbonyl (C=O) groups excluding carboxylic acids is 1. The summed E-state index contributed by atoms with van der Waals surface area (Å²) in [5, 5.41) is 14.6. The van der Waals surface area contributed by atoms with Gasteiger partial charge in [-0.05, 0) is 31.4 Å². The monoisotopic (exact) mass is 282 g/mol. The van der Waals surface area contributed by atoms with Crippen LogP contribution in [0.3, 0.4) is 0 Å². The van der Waals surface area contributed by atoms with Gasteiger partial charge < -0.3 is 14.8 Å². The smallest absolute Gasteiger partial charge is 0.320 e. The van der Waals surface area contributed by atoms with E-state index in [0.29, 0.717) is 12.2 Å². The van der Waals surface area contributed by atoms with Gasteiger partial charge in [0.25, 0.3) is 0 Å². The van der Waals surface area contributed by atoms with E-state index >= 15 is 0 Å². The maximum absolute atomic E-state index is 11.8. The Morgan fingerprint density at radius 3 is 2.55 bits per heavy atom. The van der Waals surface area contributed by atoms with Gasteiger partial charge in [-0.1, -0.05) is 13.8 Å². The van der Waals surface area contributed by atoms with Gasteiger partial charge in [-0.2, -0.15) is 0 Å². The van der Waals surface area contributed by atoms with Crippen LogP contribution in [-0.4, -0.2) is 29.6 Å². The van der Waals surface area contributed by atoms with Crippen molar-refractivity contribution in [2.24, 2.45) is 5.92 Å². The van der Waals surface area contributed by atoms with Crippen molar-refractivity contribution >= 4 is 11.9 Å². The molecule has 6 nitrogen and oxygen atoms in total. The van der Waals surface area contributed by atoms with Crippen LogP contribution in [0, 0.1) is 5.92 Å². The Morgan fingerprint density at radius 1 is 1.35 bits per heavy atom. The van der Waals surface area contributed by atoms with E-state index in [9.17, 15) is 9.59 Å². The quantitative estimate of drug-likeness (QED) is 0.673. The van der Waals surface area contributed by atoms with Crippen molar-refractivity contribution in [3.63, 3.8) is 0 Å². The number of carboxylic acids is 1. The van der Waals surface area contributed by atoms with Gasteiger partial charge in [-0.25, -0.2) is 0 Å². The second-order valence-electron chi connectivity index (χ2n) is 5.21. The van der Waals surface area contributed by atoms with Crippen molar-refractivity contribution in [1.82, 2.24) is 10.6 Å². The van der Waals surface area contributed by atoms with Crippen LogP contribution >= 0.6 is 0 Å². The number of furan rings is 1. The Morgan fingerprint density at radius 2 is 2.05 bits per heavy atom. The average Bonchev–Trinajstić information content (AvgIpc) is 2.87. The molecule has 6 heteroatoms. The molecule has 3 N–H and O–H groups in total. The van der Waals surface area contributed by atoms with Crippen LogP contribution in [0.25, 0.3) is 0 Å². The van der Waals surface area contributed by atoms with Crippen LogP contribution in [0.4, 0.5) is 0 Å². The molecule has 0 radical (unpaired) electrons. The van der Waals surface area contributed by atoms with Crippen LogP contribution in [0.5, 0.6) is 0 Å². The molecule has 1 aromatic rings. The lowest BCUT2D eigenvalue weighted by Gasteiger charge is -2.17. The van der Waals surface area contributed by atoms with Gasteiger partial charge in [-0.3, -0.25) is 14.9 Å². The standard InChI is InChI=1S/C14H22N2O4/c1-9(2)7-11(14(18)19)15-8-13(17)16-10(3)12-5-4-6-20-12/h4-6,9-11,15H,7-8H2,1-3H3,(H,16,17)(H,18,19). The Kier molecular flexibility index (Phi) is 6.24. The number of hydrogen-bond donors (Lipinski definition) is 3. The highest BCUT2D eigenvalue weighted by Gasteiger charge is 2.20. The van der Waals surface area contributed by atoms with E-state index in [0.717, 1.165) is 0 Å². The molecule has 0 fully saturated rings. The summed E-state index contributed by atoms with van der Waals surface area (Å²) in [5.41, 5.74) is 0. The van der Waals surface area contributed by atoms with Crippen LogP contribution in [0.15, 0.2) is 22.8 Å². The second kappa shape index (κ2) is 7.69. The predicted octanol–water partition coefficient (Wildman–Crippen LogP) is 1.55. The summed E-state index contributed by atoms with van der Waals surface area (Å²) < 4.78 is 5.18. The van der Waals surface area contributed by atoms with Crippen molar-refractivity contribution in [3.8, 4) is 0 Å². The first-order valence-electron chi connectivity index (χ1n) is 6.69. The SMILES string of the molecule is CC(C)CC(NCC(=O)NC(C)c1ccco1)C(=O)O. The minimum Gasteiger partial charge on any atom is -0.480 e. The summed E-state index contributed by atoms with van der Waals surface area (Å²) in [4.78, 5) is 22.8. The molecule has 0 aliphatic heterocycles. The lowest BCUT2D eigenvalue weighted by atomic mass is 10.0. The van der Waals surface area contributed by atoms with Gasteiger partial charge >= 0.3 is 5.97 Å². The third-order valence-electron chi connectivity index (χ3n) is 2.86. The molecule has 0 spiro atoms. The molecule has 1 amide bonds. The summed E-state index contributed by atoms with van der Waals surface area (Å²) in [6.07, 6.45) is 2.02. The van der Waals surface area contributed by atoms with Gasteiger partial charge in [0.1, 0.15) is 11.8 Å². The molecule has 2 atom stereocenters. The summed E-state index contributed by atoms with van der Waals surface area (Å²) >= 11 is 0. The summed E-state index contributed by atoms with van der Waals surface area (Å²) in [6, 6.07) is 2.57. The van der Waals surface area contributed by atoms with Crippen molar-refractivity contribution in [1.29, 1.82) is 0 Å².